The fourth-order valence-electron chi connectivity index (χ4n) is 1.37. The number of hydrogen-bond donors (Lipinski definition) is 1. The van der Waals surface area contributed by atoms with Gasteiger partial charge in [0.1, 0.15) is 6.10 Å². The molecule has 0 saturated heterocycles. The van der Waals surface area contributed by atoms with Crippen molar-refractivity contribution in [3.05, 3.63) is 35.9 Å². The van der Waals surface area contributed by atoms with Crippen LogP contribution in [0, 0.1) is 0 Å². The van der Waals surface area contributed by atoms with Crippen LogP contribution < -0.4 is 0 Å². The van der Waals surface area contributed by atoms with Gasteiger partial charge in [0.2, 0.25) is 0 Å². The quantitative estimate of drug-likeness (QED) is 0.758. The van der Waals surface area contributed by atoms with E-state index >= 15 is 0 Å². The van der Waals surface area contributed by atoms with Gasteiger partial charge in [0, 0.05) is 7.05 Å². The van der Waals surface area contributed by atoms with E-state index in [-0.39, 0.29) is 0 Å². The first-order chi connectivity index (χ1) is 7.65. The Morgan fingerprint density at radius 1 is 1.44 bits per heavy atom. The maximum absolute atomic E-state index is 11.4. The first-order valence-electron chi connectivity index (χ1n) is 5.19. The Morgan fingerprint density at radius 2 is 2.06 bits per heavy atom. The molecular formula is C12H17NO3. The molecular weight excluding hydrogens is 206 g/mol. The van der Waals surface area contributed by atoms with E-state index in [4.69, 9.17) is 4.84 Å². The molecule has 1 aromatic carbocycles. The fraction of sp³-hybridized carbons (Fsp3) is 0.417. The van der Waals surface area contributed by atoms with Crippen molar-refractivity contribution < 1.29 is 14.7 Å². The van der Waals surface area contributed by atoms with E-state index in [1.54, 1.807) is 0 Å². The highest BCUT2D eigenvalue weighted by Gasteiger charge is 2.18. The lowest BCUT2D eigenvalue weighted by Gasteiger charge is -2.17. The van der Waals surface area contributed by atoms with Crippen molar-refractivity contribution in [1.29, 1.82) is 0 Å². The number of carbonyl (C=O) groups is 1. The standard InChI is InChI=1S/C12H17NO3/c1-13(16-2)12(15)11(14)9-8-10-6-4-3-5-7-10/h3-7,11,14H,8-9H2,1-2H3/t11-/m1/s1. The summed E-state index contributed by atoms with van der Waals surface area (Å²) in [5, 5.41) is 10.6. The van der Waals surface area contributed by atoms with E-state index in [2.05, 4.69) is 0 Å². The van der Waals surface area contributed by atoms with Crippen LogP contribution in [0.3, 0.4) is 0 Å². The van der Waals surface area contributed by atoms with Gasteiger partial charge in [0.25, 0.3) is 5.91 Å². The van der Waals surface area contributed by atoms with Crippen molar-refractivity contribution in [3.63, 3.8) is 0 Å². The highest BCUT2D eigenvalue weighted by Crippen LogP contribution is 2.06. The average Bonchev–Trinajstić information content (AvgIpc) is 2.35. The summed E-state index contributed by atoms with van der Waals surface area (Å²) in [7, 11) is 2.87. The second-order valence-corrected chi connectivity index (χ2v) is 3.56. The summed E-state index contributed by atoms with van der Waals surface area (Å²) in [5.41, 5.74) is 1.11. The Balaban J connectivity index is 2.41. The summed E-state index contributed by atoms with van der Waals surface area (Å²) in [6, 6.07) is 9.74. The van der Waals surface area contributed by atoms with Crippen LogP contribution >= 0.6 is 0 Å². The molecule has 0 aliphatic carbocycles. The predicted molar refractivity (Wildman–Crippen MR) is 60.5 cm³/mol. The van der Waals surface area contributed by atoms with Crippen LogP contribution in [0.1, 0.15) is 12.0 Å². The van der Waals surface area contributed by atoms with E-state index in [0.717, 1.165) is 10.6 Å². The van der Waals surface area contributed by atoms with Crippen molar-refractivity contribution >= 4 is 5.91 Å². The Labute approximate surface area is 95.4 Å². The van der Waals surface area contributed by atoms with Crippen molar-refractivity contribution in [2.45, 2.75) is 18.9 Å². The zero-order valence-electron chi connectivity index (χ0n) is 9.59. The molecule has 1 amide bonds. The van der Waals surface area contributed by atoms with Crippen molar-refractivity contribution in [3.8, 4) is 0 Å². The van der Waals surface area contributed by atoms with Crippen LogP contribution in [-0.2, 0) is 16.1 Å². The van der Waals surface area contributed by atoms with E-state index in [0.29, 0.717) is 12.8 Å². The second kappa shape index (κ2) is 6.25. The lowest BCUT2D eigenvalue weighted by molar-refractivity contribution is -0.178. The first kappa shape index (κ1) is 12.7. The first-order valence-corrected chi connectivity index (χ1v) is 5.19. The van der Waals surface area contributed by atoms with E-state index in [1.165, 1.54) is 14.2 Å². The number of aliphatic hydroxyl groups excluding tert-OH is 1. The summed E-state index contributed by atoms with van der Waals surface area (Å²) in [6.45, 7) is 0. The van der Waals surface area contributed by atoms with Crippen LogP contribution in [0.2, 0.25) is 0 Å². The van der Waals surface area contributed by atoms with Crippen molar-refractivity contribution in [2.24, 2.45) is 0 Å². The summed E-state index contributed by atoms with van der Waals surface area (Å²) in [5.74, 6) is -0.418. The number of likely N-dealkylation sites (N-methyl/N-ethyl adjacent to an activating group) is 1. The van der Waals surface area contributed by atoms with Gasteiger partial charge < -0.3 is 5.11 Å². The van der Waals surface area contributed by atoms with E-state index < -0.39 is 12.0 Å². The number of benzene rings is 1. The monoisotopic (exact) mass is 223 g/mol. The molecule has 0 heterocycles. The zero-order chi connectivity index (χ0) is 12.0. The molecule has 0 unspecified atom stereocenters. The minimum Gasteiger partial charge on any atom is -0.383 e. The Hall–Kier alpha value is -1.39. The molecule has 0 aliphatic heterocycles. The third-order valence-electron chi connectivity index (χ3n) is 2.42. The molecule has 0 aromatic heterocycles. The highest BCUT2D eigenvalue weighted by atomic mass is 16.7. The molecule has 0 saturated carbocycles. The van der Waals surface area contributed by atoms with Crippen LogP contribution in [0.5, 0.6) is 0 Å². The maximum atomic E-state index is 11.4. The number of nitrogens with zero attached hydrogens (tertiary/aromatic N) is 1. The van der Waals surface area contributed by atoms with Gasteiger partial charge in [-0.3, -0.25) is 9.63 Å². The highest BCUT2D eigenvalue weighted by molar-refractivity contribution is 5.79. The zero-order valence-corrected chi connectivity index (χ0v) is 9.59. The number of hydroxylamine groups is 2. The number of aryl methyl sites for hydroxylation is 1. The predicted octanol–water partition coefficient (Wildman–Crippen LogP) is 1.000. The fourth-order valence-corrected chi connectivity index (χ4v) is 1.37. The minimum atomic E-state index is -1.01. The summed E-state index contributed by atoms with van der Waals surface area (Å²) < 4.78 is 0. The number of hydrogen-bond acceptors (Lipinski definition) is 3. The molecule has 1 atom stereocenters. The molecule has 1 rings (SSSR count). The van der Waals surface area contributed by atoms with Crippen molar-refractivity contribution in [2.75, 3.05) is 14.2 Å². The van der Waals surface area contributed by atoms with Crippen LogP contribution in [0.25, 0.3) is 0 Å². The largest absolute Gasteiger partial charge is 0.383 e. The molecule has 0 radical (unpaired) electrons. The van der Waals surface area contributed by atoms with Gasteiger partial charge in [-0.1, -0.05) is 30.3 Å². The molecule has 0 bridgehead atoms. The van der Waals surface area contributed by atoms with Crippen LogP contribution in [0.4, 0.5) is 0 Å². The lowest BCUT2D eigenvalue weighted by Crippen LogP contribution is -2.35. The molecule has 16 heavy (non-hydrogen) atoms. The van der Waals surface area contributed by atoms with Gasteiger partial charge in [0.05, 0.1) is 7.11 Å². The van der Waals surface area contributed by atoms with Crippen LogP contribution in [-0.4, -0.2) is 36.3 Å². The maximum Gasteiger partial charge on any atom is 0.274 e. The van der Waals surface area contributed by atoms with Gasteiger partial charge in [-0.25, -0.2) is 5.06 Å². The molecule has 1 N–H and O–H groups in total. The number of rotatable bonds is 5. The number of aliphatic hydroxyl groups is 1. The van der Waals surface area contributed by atoms with Crippen LogP contribution in [0.15, 0.2) is 30.3 Å². The number of carbonyl (C=O) groups excluding carboxylic acids is 1. The Morgan fingerprint density at radius 3 is 2.62 bits per heavy atom. The number of amides is 1. The summed E-state index contributed by atoms with van der Waals surface area (Å²) >= 11 is 0. The SMILES string of the molecule is CON(C)C(=O)[C@H](O)CCc1ccccc1. The molecule has 4 nitrogen and oxygen atoms in total. The topological polar surface area (TPSA) is 49.8 Å². The molecule has 88 valence electrons. The Bertz CT molecular complexity index is 326. The van der Waals surface area contributed by atoms with Gasteiger partial charge in [-0.05, 0) is 18.4 Å². The molecule has 0 fully saturated rings. The lowest BCUT2D eigenvalue weighted by atomic mass is 10.1. The van der Waals surface area contributed by atoms with Crippen molar-refractivity contribution in [1.82, 2.24) is 5.06 Å². The molecule has 1 aromatic rings. The normalized spacial score (nSPS) is 12.2. The smallest absolute Gasteiger partial charge is 0.274 e. The van der Waals surface area contributed by atoms with Gasteiger partial charge >= 0.3 is 0 Å². The van der Waals surface area contributed by atoms with E-state index in [1.807, 2.05) is 30.3 Å². The molecule has 4 heteroatoms. The van der Waals surface area contributed by atoms with Gasteiger partial charge in [-0.2, -0.15) is 0 Å². The molecule has 0 aliphatic rings. The Kier molecular flexibility index (Phi) is 4.95. The third kappa shape index (κ3) is 3.64. The second-order valence-electron chi connectivity index (χ2n) is 3.56. The minimum absolute atomic E-state index is 0.399. The average molecular weight is 223 g/mol. The van der Waals surface area contributed by atoms with Gasteiger partial charge in [-0.15, -0.1) is 0 Å². The van der Waals surface area contributed by atoms with E-state index in [9.17, 15) is 9.90 Å². The third-order valence-corrected chi connectivity index (χ3v) is 2.42. The summed E-state index contributed by atoms with van der Waals surface area (Å²) in [4.78, 5) is 16.2. The summed E-state index contributed by atoms with van der Waals surface area (Å²) in [6.07, 6.45) is 0.0622. The van der Waals surface area contributed by atoms with Gasteiger partial charge in [0.15, 0.2) is 0 Å². The molecule has 0 spiro atoms.